The van der Waals surface area contributed by atoms with E-state index in [4.69, 9.17) is 11.6 Å². The lowest BCUT2D eigenvalue weighted by molar-refractivity contribution is 0.508. The molecule has 1 atom stereocenters. The summed E-state index contributed by atoms with van der Waals surface area (Å²) in [6.45, 7) is 4.56. The van der Waals surface area contributed by atoms with Crippen LogP contribution in [0, 0.1) is 18.6 Å². The van der Waals surface area contributed by atoms with Gasteiger partial charge in [0.05, 0.1) is 5.02 Å². The van der Waals surface area contributed by atoms with Crippen LogP contribution in [0.15, 0.2) is 36.4 Å². The van der Waals surface area contributed by atoms with Crippen LogP contribution in [-0.4, -0.2) is 6.54 Å². The minimum Gasteiger partial charge on any atom is -0.310 e. The fourth-order valence-electron chi connectivity index (χ4n) is 2.41. The monoisotopic (exact) mass is 309 g/mol. The molecule has 0 saturated heterocycles. The van der Waals surface area contributed by atoms with Gasteiger partial charge in [-0.25, -0.2) is 8.78 Å². The first-order valence-electron chi connectivity index (χ1n) is 6.95. The molecule has 4 heteroatoms. The maximum absolute atomic E-state index is 14.2. The van der Waals surface area contributed by atoms with E-state index >= 15 is 0 Å². The maximum atomic E-state index is 14.2. The minimum atomic E-state index is -0.417. The van der Waals surface area contributed by atoms with Crippen molar-refractivity contribution in [3.8, 4) is 0 Å². The first kappa shape index (κ1) is 15.9. The molecule has 2 rings (SSSR count). The molecule has 1 unspecified atom stereocenters. The second-order valence-electron chi connectivity index (χ2n) is 5.03. The van der Waals surface area contributed by atoms with Gasteiger partial charge in [0.25, 0.3) is 0 Å². The van der Waals surface area contributed by atoms with Crippen molar-refractivity contribution in [1.82, 2.24) is 5.32 Å². The molecule has 0 aliphatic carbocycles. The molecule has 2 aromatic carbocycles. The smallest absolute Gasteiger partial charge is 0.146 e. The van der Waals surface area contributed by atoms with Gasteiger partial charge < -0.3 is 5.32 Å². The summed E-state index contributed by atoms with van der Waals surface area (Å²) in [5.41, 5.74) is 2.36. The number of likely N-dealkylation sites (N-methyl/N-ethyl adjacent to an activating group) is 1. The van der Waals surface area contributed by atoms with Crippen LogP contribution in [0.25, 0.3) is 0 Å². The van der Waals surface area contributed by atoms with E-state index in [1.54, 1.807) is 18.2 Å². The normalized spacial score (nSPS) is 12.4. The number of hydrogen-bond acceptors (Lipinski definition) is 1. The average Bonchev–Trinajstić information content (AvgIpc) is 2.45. The molecular formula is C17H18ClF2N. The van der Waals surface area contributed by atoms with Crippen molar-refractivity contribution in [2.24, 2.45) is 0 Å². The highest BCUT2D eigenvalue weighted by molar-refractivity contribution is 6.30. The zero-order valence-corrected chi connectivity index (χ0v) is 12.8. The number of hydrogen-bond donors (Lipinski definition) is 1. The predicted octanol–water partition coefficient (Wildman–Crippen LogP) is 4.82. The van der Waals surface area contributed by atoms with Gasteiger partial charge in [0.15, 0.2) is 0 Å². The van der Waals surface area contributed by atoms with Crippen LogP contribution < -0.4 is 5.32 Å². The Labute approximate surface area is 128 Å². The van der Waals surface area contributed by atoms with Crippen molar-refractivity contribution in [3.05, 3.63) is 69.7 Å². The number of halogens is 3. The Kier molecular flexibility index (Phi) is 5.32. The Morgan fingerprint density at radius 2 is 1.95 bits per heavy atom. The quantitative estimate of drug-likeness (QED) is 0.835. The molecule has 0 aliphatic heterocycles. The molecule has 0 heterocycles. The first-order chi connectivity index (χ1) is 10.0. The van der Waals surface area contributed by atoms with Crippen molar-refractivity contribution < 1.29 is 8.78 Å². The molecule has 0 fully saturated rings. The van der Waals surface area contributed by atoms with E-state index in [0.717, 1.165) is 11.1 Å². The first-order valence-corrected chi connectivity index (χ1v) is 7.33. The van der Waals surface area contributed by atoms with Gasteiger partial charge in [-0.1, -0.05) is 36.7 Å². The van der Waals surface area contributed by atoms with E-state index in [1.807, 2.05) is 13.8 Å². The van der Waals surface area contributed by atoms with E-state index < -0.39 is 5.82 Å². The van der Waals surface area contributed by atoms with Crippen molar-refractivity contribution >= 4 is 11.6 Å². The fourth-order valence-corrected chi connectivity index (χ4v) is 2.59. The van der Waals surface area contributed by atoms with E-state index in [-0.39, 0.29) is 16.9 Å². The lowest BCUT2D eigenvalue weighted by Crippen LogP contribution is -2.24. The lowest BCUT2D eigenvalue weighted by atomic mass is 9.95. The van der Waals surface area contributed by atoms with Crippen LogP contribution in [0.4, 0.5) is 8.78 Å². The third kappa shape index (κ3) is 3.80. The summed E-state index contributed by atoms with van der Waals surface area (Å²) in [7, 11) is 0. The average molecular weight is 310 g/mol. The van der Waals surface area contributed by atoms with E-state index in [1.165, 1.54) is 18.2 Å². The second-order valence-corrected chi connectivity index (χ2v) is 5.44. The highest BCUT2D eigenvalue weighted by atomic mass is 35.5. The summed E-state index contributed by atoms with van der Waals surface area (Å²) < 4.78 is 27.6. The molecule has 0 radical (unpaired) electrons. The largest absolute Gasteiger partial charge is 0.310 e. The predicted molar refractivity (Wildman–Crippen MR) is 82.7 cm³/mol. The van der Waals surface area contributed by atoms with Crippen LogP contribution in [0.3, 0.4) is 0 Å². The van der Waals surface area contributed by atoms with E-state index in [2.05, 4.69) is 5.32 Å². The van der Waals surface area contributed by atoms with Gasteiger partial charge in [0.2, 0.25) is 0 Å². The highest BCUT2D eigenvalue weighted by Crippen LogP contribution is 2.27. The molecule has 0 aromatic heterocycles. The molecule has 0 aliphatic rings. The van der Waals surface area contributed by atoms with Gasteiger partial charge in [0, 0.05) is 11.6 Å². The number of benzene rings is 2. The Bertz CT molecular complexity index is 628. The van der Waals surface area contributed by atoms with Crippen LogP contribution in [0.1, 0.15) is 29.7 Å². The van der Waals surface area contributed by atoms with Gasteiger partial charge in [0.1, 0.15) is 11.6 Å². The third-order valence-electron chi connectivity index (χ3n) is 3.54. The molecular weight excluding hydrogens is 292 g/mol. The summed E-state index contributed by atoms with van der Waals surface area (Å²) in [5.74, 6) is -0.698. The van der Waals surface area contributed by atoms with Crippen LogP contribution in [0.2, 0.25) is 5.02 Å². The number of rotatable bonds is 5. The van der Waals surface area contributed by atoms with Gasteiger partial charge in [-0.15, -0.1) is 0 Å². The molecule has 1 nitrogen and oxygen atoms in total. The van der Waals surface area contributed by atoms with E-state index in [0.29, 0.717) is 18.5 Å². The lowest BCUT2D eigenvalue weighted by Gasteiger charge is -2.20. The summed E-state index contributed by atoms with van der Waals surface area (Å²) in [6, 6.07) is 9.39. The van der Waals surface area contributed by atoms with Gasteiger partial charge in [-0.3, -0.25) is 0 Å². The molecule has 1 N–H and O–H groups in total. The van der Waals surface area contributed by atoms with Gasteiger partial charge in [-0.2, -0.15) is 0 Å². The number of aryl methyl sites for hydroxylation is 1. The second kappa shape index (κ2) is 7.01. The molecule has 21 heavy (non-hydrogen) atoms. The minimum absolute atomic E-state index is 0.103. The Morgan fingerprint density at radius 3 is 2.67 bits per heavy atom. The Hall–Kier alpha value is -1.45. The molecule has 0 spiro atoms. The fraction of sp³-hybridized carbons (Fsp3) is 0.294. The standard InChI is InChI=1S/C17H18ClF2N/c1-3-21-16(14-5-4-6-15(18)17(14)20)10-12-9-13(19)8-7-11(12)2/h4-9,16,21H,3,10H2,1-2H3. The summed E-state index contributed by atoms with van der Waals surface area (Å²) in [4.78, 5) is 0. The van der Waals surface area contributed by atoms with Crippen molar-refractivity contribution in [3.63, 3.8) is 0 Å². The van der Waals surface area contributed by atoms with Crippen LogP contribution in [0.5, 0.6) is 0 Å². The van der Waals surface area contributed by atoms with Gasteiger partial charge >= 0.3 is 0 Å². The summed E-state index contributed by atoms with van der Waals surface area (Å²) in [5, 5.41) is 3.34. The summed E-state index contributed by atoms with van der Waals surface area (Å²) >= 11 is 5.85. The zero-order chi connectivity index (χ0) is 15.4. The SMILES string of the molecule is CCNC(Cc1cc(F)ccc1C)c1cccc(Cl)c1F. The summed E-state index contributed by atoms with van der Waals surface area (Å²) in [6.07, 6.45) is 0.509. The molecule has 0 saturated carbocycles. The maximum Gasteiger partial charge on any atom is 0.146 e. The molecule has 112 valence electrons. The van der Waals surface area contributed by atoms with E-state index in [9.17, 15) is 8.78 Å². The van der Waals surface area contributed by atoms with Crippen molar-refractivity contribution in [2.75, 3.05) is 6.54 Å². The van der Waals surface area contributed by atoms with Crippen LogP contribution in [-0.2, 0) is 6.42 Å². The van der Waals surface area contributed by atoms with Crippen molar-refractivity contribution in [2.45, 2.75) is 26.3 Å². The highest BCUT2D eigenvalue weighted by Gasteiger charge is 2.18. The van der Waals surface area contributed by atoms with Crippen LogP contribution >= 0.6 is 11.6 Å². The third-order valence-corrected chi connectivity index (χ3v) is 3.83. The zero-order valence-electron chi connectivity index (χ0n) is 12.1. The molecule has 0 bridgehead atoms. The Balaban J connectivity index is 2.35. The number of nitrogens with one attached hydrogen (secondary N) is 1. The molecule has 0 amide bonds. The molecule has 2 aromatic rings. The topological polar surface area (TPSA) is 12.0 Å². The Morgan fingerprint density at radius 1 is 1.19 bits per heavy atom. The van der Waals surface area contributed by atoms with Gasteiger partial charge in [-0.05, 0) is 49.2 Å². The van der Waals surface area contributed by atoms with Crippen molar-refractivity contribution in [1.29, 1.82) is 0 Å².